The summed E-state index contributed by atoms with van der Waals surface area (Å²) >= 11 is 0. The Balaban J connectivity index is 1.46. The summed E-state index contributed by atoms with van der Waals surface area (Å²) in [7, 11) is 0. The van der Waals surface area contributed by atoms with Gasteiger partial charge in [0.25, 0.3) is 11.9 Å². The van der Waals surface area contributed by atoms with Crippen molar-refractivity contribution in [2.45, 2.75) is 32.7 Å². The van der Waals surface area contributed by atoms with E-state index in [-0.39, 0.29) is 29.4 Å². The standard InChI is InChI=1S/C23H29F2N5O3/c1-3-29(4-2)11-5-6-21(31)30-12-9-17(10-13-30)27-23-26-15-20(33-23)22(32)28-19-8-7-16(24)14-18(19)25/h5-8,14-15,17H,3-4,9-13H2,1-2H3,(H,26,27)(H,28,32)/b6-5+. The molecule has 1 saturated heterocycles. The first-order chi connectivity index (χ1) is 15.9. The maximum Gasteiger partial charge on any atom is 0.295 e. The molecule has 1 aromatic carbocycles. The first-order valence-corrected chi connectivity index (χ1v) is 11.1. The van der Waals surface area contributed by atoms with Gasteiger partial charge in [-0.3, -0.25) is 9.59 Å². The van der Waals surface area contributed by atoms with Crippen molar-refractivity contribution >= 4 is 23.5 Å². The number of benzene rings is 1. The third kappa shape index (κ3) is 6.85. The van der Waals surface area contributed by atoms with Crippen LogP contribution in [0, 0.1) is 11.6 Å². The van der Waals surface area contributed by atoms with Crippen molar-refractivity contribution < 1.29 is 22.8 Å². The fraction of sp³-hybridized carbons (Fsp3) is 0.435. The number of carbonyl (C=O) groups is 2. The highest BCUT2D eigenvalue weighted by Crippen LogP contribution is 2.19. The van der Waals surface area contributed by atoms with Gasteiger partial charge in [-0.05, 0) is 38.1 Å². The summed E-state index contributed by atoms with van der Waals surface area (Å²) in [4.78, 5) is 32.7. The van der Waals surface area contributed by atoms with E-state index in [1.165, 1.54) is 6.20 Å². The lowest BCUT2D eigenvalue weighted by Gasteiger charge is -2.31. The number of carbonyl (C=O) groups excluding carboxylic acids is 2. The zero-order valence-electron chi connectivity index (χ0n) is 18.8. The first-order valence-electron chi connectivity index (χ1n) is 11.1. The van der Waals surface area contributed by atoms with Crippen molar-refractivity contribution in [1.29, 1.82) is 0 Å². The van der Waals surface area contributed by atoms with E-state index in [1.807, 2.05) is 11.0 Å². The number of likely N-dealkylation sites (N-methyl/N-ethyl adjacent to an activating group) is 1. The van der Waals surface area contributed by atoms with E-state index in [1.54, 1.807) is 6.08 Å². The molecule has 0 saturated carbocycles. The van der Waals surface area contributed by atoms with Crippen LogP contribution in [0.4, 0.5) is 20.5 Å². The van der Waals surface area contributed by atoms with Gasteiger partial charge >= 0.3 is 0 Å². The Kier molecular flexibility index (Phi) is 8.53. The smallest absolute Gasteiger partial charge is 0.295 e. The Bertz CT molecular complexity index is 982. The second-order valence-corrected chi connectivity index (χ2v) is 7.74. The minimum absolute atomic E-state index is 0.00344. The Labute approximate surface area is 191 Å². The fourth-order valence-corrected chi connectivity index (χ4v) is 3.53. The molecule has 2 heterocycles. The molecule has 0 atom stereocenters. The Hall–Kier alpha value is -3.27. The number of halogens is 2. The quantitative estimate of drug-likeness (QED) is 0.556. The predicted octanol–water partition coefficient (Wildman–Crippen LogP) is 3.51. The van der Waals surface area contributed by atoms with Crippen molar-refractivity contribution in [3.05, 3.63) is 53.9 Å². The number of anilines is 2. The lowest BCUT2D eigenvalue weighted by atomic mass is 10.1. The molecule has 2 N–H and O–H groups in total. The number of nitrogens with one attached hydrogen (secondary N) is 2. The third-order valence-corrected chi connectivity index (χ3v) is 5.56. The van der Waals surface area contributed by atoms with Crippen LogP contribution in [0.15, 0.2) is 41.0 Å². The number of nitrogens with zero attached hydrogens (tertiary/aromatic N) is 3. The summed E-state index contributed by atoms with van der Waals surface area (Å²) in [5, 5.41) is 5.45. The molecule has 0 radical (unpaired) electrons. The summed E-state index contributed by atoms with van der Waals surface area (Å²) < 4.78 is 32.1. The molecule has 0 spiro atoms. The number of hydrogen-bond acceptors (Lipinski definition) is 6. The van der Waals surface area contributed by atoms with Crippen LogP contribution in [0.3, 0.4) is 0 Å². The van der Waals surface area contributed by atoms with Crippen molar-refractivity contribution in [3.63, 3.8) is 0 Å². The molecular formula is C23H29F2N5O3. The number of rotatable bonds is 9. The summed E-state index contributed by atoms with van der Waals surface area (Å²) in [6, 6.07) is 3.07. The number of piperidine rings is 1. The number of aromatic nitrogens is 1. The Morgan fingerprint density at radius 3 is 2.64 bits per heavy atom. The van der Waals surface area contributed by atoms with Crippen LogP contribution in [-0.4, -0.2) is 65.4 Å². The van der Waals surface area contributed by atoms with Gasteiger partial charge in [-0.2, -0.15) is 0 Å². The van der Waals surface area contributed by atoms with Gasteiger partial charge in [0.1, 0.15) is 11.6 Å². The number of likely N-dealkylation sites (tertiary alicyclic amines) is 1. The molecule has 33 heavy (non-hydrogen) atoms. The minimum atomic E-state index is -0.884. The van der Waals surface area contributed by atoms with Gasteiger partial charge in [0.15, 0.2) is 0 Å². The van der Waals surface area contributed by atoms with E-state index in [2.05, 4.69) is 34.4 Å². The van der Waals surface area contributed by atoms with E-state index in [4.69, 9.17) is 4.42 Å². The molecule has 1 aromatic heterocycles. The van der Waals surface area contributed by atoms with Gasteiger partial charge in [-0.25, -0.2) is 13.8 Å². The molecule has 0 bridgehead atoms. The maximum atomic E-state index is 13.7. The zero-order valence-corrected chi connectivity index (χ0v) is 18.8. The summed E-state index contributed by atoms with van der Waals surface area (Å²) in [5.74, 6) is -2.42. The highest BCUT2D eigenvalue weighted by atomic mass is 19.1. The van der Waals surface area contributed by atoms with Crippen LogP contribution in [0.2, 0.25) is 0 Å². The normalized spacial score (nSPS) is 14.8. The molecular weight excluding hydrogens is 432 g/mol. The van der Waals surface area contributed by atoms with Gasteiger partial charge in [0, 0.05) is 37.8 Å². The Morgan fingerprint density at radius 2 is 1.97 bits per heavy atom. The van der Waals surface area contributed by atoms with Crippen molar-refractivity contribution in [2.75, 3.05) is 43.4 Å². The highest BCUT2D eigenvalue weighted by molar-refractivity contribution is 6.02. The molecule has 0 aliphatic carbocycles. The van der Waals surface area contributed by atoms with Crippen molar-refractivity contribution in [1.82, 2.24) is 14.8 Å². The first kappa shape index (κ1) is 24.4. The summed E-state index contributed by atoms with van der Waals surface area (Å²) in [5.41, 5.74) is -0.157. The highest BCUT2D eigenvalue weighted by Gasteiger charge is 2.23. The molecule has 2 aromatic rings. The van der Waals surface area contributed by atoms with E-state index in [0.717, 1.165) is 31.8 Å². The molecule has 2 amide bonds. The van der Waals surface area contributed by atoms with Crippen LogP contribution in [0.1, 0.15) is 37.2 Å². The topological polar surface area (TPSA) is 90.7 Å². The van der Waals surface area contributed by atoms with Crippen molar-refractivity contribution in [3.8, 4) is 0 Å². The second kappa shape index (κ2) is 11.6. The molecule has 0 unspecified atom stereocenters. The molecule has 3 rings (SSSR count). The SMILES string of the molecule is CCN(CC)C/C=C/C(=O)N1CCC(Nc2ncc(C(=O)Nc3ccc(F)cc3F)o2)CC1. The van der Waals surface area contributed by atoms with Crippen LogP contribution >= 0.6 is 0 Å². The van der Waals surface area contributed by atoms with Gasteiger partial charge in [-0.1, -0.05) is 19.9 Å². The van der Waals surface area contributed by atoms with Crippen LogP contribution in [0.5, 0.6) is 0 Å². The third-order valence-electron chi connectivity index (χ3n) is 5.56. The van der Waals surface area contributed by atoms with Crippen LogP contribution < -0.4 is 10.6 Å². The fourth-order valence-electron chi connectivity index (χ4n) is 3.53. The summed E-state index contributed by atoms with van der Waals surface area (Å²) in [6.45, 7) is 8.02. The average molecular weight is 462 g/mol. The van der Waals surface area contributed by atoms with Gasteiger partial charge < -0.3 is 24.9 Å². The maximum absolute atomic E-state index is 13.7. The monoisotopic (exact) mass is 461 g/mol. The second-order valence-electron chi connectivity index (χ2n) is 7.74. The van der Waals surface area contributed by atoms with Crippen molar-refractivity contribution in [2.24, 2.45) is 0 Å². The largest absolute Gasteiger partial charge is 0.418 e. The number of oxazole rings is 1. The zero-order chi connectivity index (χ0) is 23.8. The molecule has 1 aliphatic heterocycles. The lowest BCUT2D eigenvalue weighted by molar-refractivity contribution is -0.126. The van der Waals surface area contributed by atoms with Gasteiger partial charge in [0.2, 0.25) is 11.7 Å². The molecule has 1 aliphatic rings. The van der Waals surface area contributed by atoms with Crippen LogP contribution in [-0.2, 0) is 4.79 Å². The van der Waals surface area contributed by atoms with Crippen LogP contribution in [0.25, 0.3) is 0 Å². The van der Waals surface area contributed by atoms with E-state index in [9.17, 15) is 18.4 Å². The minimum Gasteiger partial charge on any atom is -0.418 e. The van der Waals surface area contributed by atoms with Gasteiger partial charge in [0.05, 0.1) is 11.9 Å². The van der Waals surface area contributed by atoms with Gasteiger partial charge in [-0.15, -0.1) is 0 Å². The summed E-state index contributed by atoms with van der Waals surface area (Å²) in [6.07, 6.45) is 6.19. The number of amides is 2. The molecule has 1 fully saturated rings. The van der Waals surface area contributed by atoms with E-state index >= 15 is 0 Å². The average Bonchev–Trinajstić information content (AvgIpc) is 3.27. The predicted molar refractivity (Wildman–Crippen MR) is 121 cm³/mol. The Morgan fingerprint density at radius 1 is 1.24 bits per heavy atom. The lowest BCUT2D eigenvalue weighted by Crippen LogP contribution is -2.41. The van der Waals surface area contributed by atoms with E-state index < -0.39 is 17.5 Å². The van der Waals surface area contributed by atoms with E-state index in [0.29, 0.717) is 32.0 Å². The number of hydrogen-bond donors (Lipinski definition) is 2. The molecule has 178 valence electrons. The molecule has 8 nitrogen and oxygen atoms in total. The molecule has 10 heteroatoms.